The van der Waals surface area contributed by atoms with Crippen molar-refractivity contribution in [3.05, 3.63) is 41.2 Å². The second-order valence-corrected chi connectivity index (χ2v) is 3.05. The molecule has 5 heteroatoms. The maximum atomic E-state index is 5.54. The molecule has 0 fully saturated rings. The summed E-state index contributed by atoms with van der Waals surface area (Å²) in [5.74, 6) is 0.763. The van der Waals surface area contributed by atoms with Gasteiger partial charge >= 0.3 is 0 Å². The zero-order valence-electron chi connectivity index (χ0n) is 7.64. The Balaban J connectivity index is 2.17. The summed E-state index contributed by atoms with van der Waals surface area (Å²) in [4.78, 5) is 0. The highest BCUT2D eigenvalue weighted by molar-refractivity contribution is 5.25. The molecule has 0 radical (unpaired) electrons. The monoisotopic (exact) mass is 189 g/mol. The molecule has 1 aromatic heterocycles. The van der Waals surface area contributed by atoms with E-state index in [0.717, 1.165) is 17.0 Å². The number of H-pyrrole nitrogens is 1. The van der Waals surface area contributed by atoms with Crippen LogP contribution in [0.4, 0.5) is 0 Å². The summed E-state index contributed by atoms with van der Waals surface area (Å²) in [6.45, 7) is 0.558. The van der Waals surface area contributed by atoms with Crippen LogP contribution >= 0.6 is 0 Å². The van der Waals surface area contributed by atoms with Gasteiger partial charge in [-0.1, -0.05) is 24.3 Å². The van der Waals surface area contributed by atoms with Gasteiger partial charge in [0.25, 0.3) is 0 Å². The topological polar surface area (TPSA) is 80.5 Å². The van der Waals surface area contributed by atoms with Gasteiger partial charge in [-0.05, 0) is 21.6 Å². The third kappa shape index (κ3) is 1.94. The molecule has 0 saturated heterocycles. The lowest BCUT2D eigenvalue weighted by Crippen LogP contribution is -1.98. The fourth-order valence-electron chi connectivity index (χ4n) is 1.31. The van der Waals surface area contributed by atoms with Gasteiger partial charge in [0, 0.05) is 13.0 Å². The predicted octanol–water partition coefficient (Wildman–Crippen LogP) is 0.249. The van der Waals surface area contributed by atoms with Crippen molar-refractivity contribution >= 4 is 0 Å². The molecule has 72 valence electrons. The van der Waals surface area contributed by atoms with Crippen LogP contribution in [-0.4, -0.2) is 20.6 Å². The molecule has 2 rings (SSSR count). The normalized spacial score (nSPS) is 10.4. The Hall–Kier alpha value is -1.75. The van der Waals surface area contributed by atoms with Crippen molar-refractivity contribution in [2.45, 2.75) is 13.0 Å². The molecule has 3 N–H and O–H groups in total. The van der Waals surface area contributed by atoms with Crippen LogP contribution in [0.5, 0.6) is 0 Å². The van der Waals surface area contributed by atoms with Crippen LogP contribution in [0.15, 0.2) is 24.3 Å². The fourth-order valence-corrected chi connectivity index (χ4v) is 1.31. The molecule has 2 aromatic rings. The number of benzene rings is 1. The number of nitrogens with one attached hydrogen (secondary N) is 1. The van der Waals surface area contributed by atoms with Gasteiger partial charge in [-0.15, -0.1) is 5.10 Å². The fraction of sp³-hybridized carbons (Fsp3) is 0.222. The van der Waals surface area contributed by atoms with Crippen molar-refractivity contribution in [2.75, 3.05) is 0 Å². The van der Waals surface area contributed by atoms with Crippen LogP contribution in [0.25, 0.3) is 0 Å². The minimum absolute atomic E-state index is 0.558. The molecule has 0 aliphatic carbocycles. The minimum atomic E-state index is 0.558. The smallest absolute Gasteiger partial charge is 0.152 e. The molecule has 1 aromatic carbocycles. The molecule has 0 aliphatic heterocycles. The number of tetrazole rings is 1. The zero-order chi connectivity index (χ0) is 9.80. The Morgan fingerprint density at radius 3 is 2.86 bits per heavy atom. The van der Waals surface area contributed by atoms with Gasteiger partial charge in [0.05, 0.1) is 0 Å². The van der Waals surface area contributed by atoms with Crippen molar-refractivity contribution in [2.24, 2.45) is 5.73 Å². The number of nitrogens with zero attached hydrogens (tertiary/aromatic N) is 3. The van der Waals surface area contributed by atoms with Gasteiger partial charge in [0.1, 0.15) is 0 Å². The quantitative estimate of drug-likeness (QED) is 0.725. The van der Waals surface area contributed by atoms with E-state index in [4.69, 9.17) is 5.73 Å². The largest absolute Gasteiger partial charge is 0.326 e. The average Bonchev–Trinajstić information content (AvgIpc) is 2.71. The van der Waals surface area contributed by atoms with E-state index in [2.05, 4.69) is 26.7 Å². The number of hydrogen-bond donors (Lipinski definition) is 2. The van der Waals surface area contributed by atoms with Crippen molar-refractivity contribution < 1.29 is 0 Å². The minimum Gasteiger partial charge on any atom is -0.326 e. The van der Waals surface area contributed by atoms with Crippen LogP contribution in [0.1, 0.15) is 17.0 Å². The highest BCUT2D eigenvalue weighted by atomic mass is 15.5. The van der Waals surface area contributed by atoms with E-state index >= 15 is 0 Å². The Morgan fingerprint density at radius 1 is 1.29 bits per heavy atom. The summed E-state index contributed by atoms with van der Waals surface area (Å²) in [6, 6.07) is 8.08. The van der Waals surface area contributed by atoms with Gasteiger partial charge in [-0.2, -0.15) is 0 Å². The van der Waals surface area contributed by atoms with Crippen molar-refractivity contribution in [3.8, 4) is 0 Å². The van der Waals surface area contributed by atoms with Crippen molar-refractivity contribution in [1.29, 1.82) is 0 Å². The Bertz CT molecular complexity index is 395. The second-order valence-electron chi connectivity index (χ2n) is 3.05. The SMILES string of the molecule is NCc1cccc(Cc2nnn[nH]2)c1. The van der Waals surface area contributed by atoms with E-state index in [-0.39, 0.29) is 0 Å². The van der Waals surface area contributed by atoms with E-state index < -0.39 is 0 Å². The van der Waals surface area contributed by atoms with Crippen LogP contribution in [-0.2, 0) is 13.0 Å². The molecule has 1 heterocycles. The van der Waals surface area contributed by atoms with E-state index in [1.54, 1.807) is 0 Å². The summed E-state index contributed by atoms with van der Waals surface area (Å²) >= 11 is 0. The number of rotatable bonds is 3. The summed E-state index contributed by atoms with van der Waals surface area (Å²) in [5.41, 5.74) is 7.82. The lowest BCUT2D eigenvalue weighted by atomic mass is 10.1. The zero-order valence-corrected chi connectivity index (χ0v) is 7.64. The van der Waals surface area contributed by atoms with E-state index in [0.29, 0.717) is 13.0 Å². The molecule has 0 spiro atoms. The maximum Gasteiger partial charge on any atom is 0.152 e. The van der Waals surface area contributed by atoms with Crippen molar-refractivity contribution in [3.63, 3.8) is 0 Å². The second kappa shape index (κ2) is 3.97. The lowest BCUT2D eigenvalue weighted by molar-refractivity contribution is 0.881. The Labute approximate surface area is 81.3 Å². The molecule has 0 atom stereocenters. The maximum absolute atomic E-state index is 5.54. The molecule has 0 aliphatic rings. The summed E-state index contributed by atoms with van der Waals surface area (Å²) in [7, 11) is 0. The lowest BCUT2D eigenvalue weighted by Gasteiger charge is -2.00. The van der Waals surface area contributed by atoms with Crippen LogP contribution in [0, 0.1) is 0 Å². The van der Waals surface area contributed by atoms with Crippen LogP contribution in [0.2, 0.25) is 0 Å². The van der Waals surface area contributed by atoms with Gasteiger partial charge in [0.2, 0.25) is 0 Å². The Kier molecular flexibility index (Phi) is 2.51. The first kappa shape index (κ1) is 8.83. The first-order valence-corrected chi connectivity index (χ1v) is 4.39. The van der Waals surface area contributed by atoms with E-state index in [1.807, 2.05) is 18.2 Å². The van der Waals surface area contributed by atoms with Crippen molar-refractivity contribution in [1.82, 2.24) is 20.6 Å². The van der Waals surface area contributed by atoms with Gasteiger partial charge in [-0.3, -0.25) is 0 Å². The predicted molar refractivity (Wildman–Crippen MR) is 51.3 cm³/mol. The third-order valence-corrected chi connectivity index (χ3v) is 1.99. The molecule has 5 nitrogen and oxygen atoms in total. The molecular formula is C9H11N5. The summed E-state index contributed by atoms with van der Waals surface area (Å²) < 4.78 is 0. The Morgan fingerprint density at radius 2 is 2.14 bits per heavy atom. The molecule has 14 heavy (non-hydrogen) atoms. The highest BCUT2D eigenvalue weighted by Gasteiger charge is 1.99. The van der Waals surface area contributed by atoms with Gasteiger partial charge in [0.15, 0.2) is 5.82 Å². The standard InChI is InChI=1S/C9H11N5/c10-6-8-3-1-2-7(4-8)5-9-11-13-14-12-9/h1-4H,5-6,10H2,(H,11,12,13,14). The molecule has 0 unspecified atom stereocenters. The number of hydrogen-bond acceptors (Lipinski definition) is 4. The molecular weight excluding hydrogens is 178 g/mol. The van der Waals surface area contributed by atoms with Crippen LogP contribution in [0.3, 0.4) is 0 Å². The number of aromatic amines is 1. The third-order valence-electron chi connectivity index (χ3n) is 1.99. The van der Waals surface area contributed by atoms with E-state index in [1.165, 1.54) is 0 Å². The average molecular weight is 189 g/mol. The first-order valence-electron chi connectivity index (χ1n) is 4.39. The number of aromatic nitrogens is 4. The van der Waals surface area contributed by atoms with Crippen LogP contribution < -0.4 is 5.73 Å². The van der Waals surface area contributed by atoms with E-state index in [9.17, 15) is 0 Å². The molecule has 0 saturated carbocycles. The highest BCUT2D eigenvalue weighted by Crippen LogP contribution is 2.07. The molecule has 0 bridgehead atoms. The van der Waals surface area contributed by atoms with Gasteiger partial charge < -0.3 is 5.73 Å². The summed E-state index contributed by atoms with van der Waals surface area (Å²) in [6.07, 6.45) is 0.709. The first-order chi connectivity index (χ1) is 6.88. The number of nitrogens with two attached hydrogens (primary N) is 1. The summed E-state index contributed by atoms with van der Waals surface area (Å²) in [5, 5.41) is 13.6. The van der Waals surface area contributed by atoms with Gasteiger partial charge in [-0.25, -0.2) is 5.10 Å². The molecule has 0 amide bonds.